The van der Waals surface area contributed by atoms with Gasteiger partial charge in [0.1, 0.15) is 35.1 Å². The van der Waals surface area contributed by atoms with E-state index in [1.54, 1.807) is 32.9 Å². The number of ether oxygens (including phenoxy) is 2. The smallest absolute Gasteiger partial charge is 0.410 e. The van der Waals surface area contributed by atoms with E-state index in [2.05, 4.69) is 10.6 Å². The summed E-state index contributed by atoms with van der Waals surface area (Å²) in [5.74, 6) is -4.65. The Balaban J connectivity index is 1.39. The van der Waals surface area contributed by atoms with Crippen LogP contribution >= 0.6 is 0 Å². The fourth-order valence-corrected chi connectivity index (χ4v) is 8.51. The number of hydrogen-bond donors (Lipinski definition) is 4. The number of carboxylic acids is 1. The van der Waals surface area contributed by atoms with Gasteiger partial charge in [0, 0.05) is 18.5 Å². The Kier molecular flexibility index (Phi) is 13.4. The van der Waals surface area contributed by atoms with Crippen LogP contribution in [0.5, 0.6) is 0 Å². The molecule has 1 aliphatic carbocycles. The molecule has 4 N–H and O–H groups in total. The summed E-state index contributed by atoms with van der Waals surface area (Å²) in [6.45, 7) is 8.65. The molecular formula is C40H52FN5O11S. The van der Waals surface area contributed by atoms with Gasteiger partial charge in [0.2, 0.25) is 11.8 Å². The van der Waals surface area contributed by atoms with Crippen molar-refractivity contribution in [3.63, 3.8) is 0 Å². The van der Waals surface area contributed by atoms with Crippen molar-refractivity contribution < 1.29 is 56.2 Å². The summed E-state index contributed by atoms with van der Waals surface area (Å²) in [5.41, 5.74) is -1.73. The Labute approximate surface area is 337 Å². The van der Waals surface area contributed by atoms with Gasteiger partial charge in [0.05, 0.1) is 23.5 Å². The maximum Gasteiger partial charge on any atom is 0.410 e. The molecular weight excluding hydrogens is 778 g/mol. The first-order valence-electron chi connectivity index (χ1n) is 19.5. The van der Waals surface area contributed by atoms with Crippen LogP contribution in [0.25, 0.3) is 0 Å². The van der Waals surface area contributed by atoms with Gasteiger partial charge in [-0.2, -0.15) is 0 Å². The molecule has 2 aliphatic heterocycles. The van der Waals surface area contributed by atoms with E-state index in [4.69, 9.17) is 9.47 Å². The van der Waals surface area contributed by atoms with E-state index in [-0.39, 0.29) is 49.4 Å². The van der Waals surface area contributed by atoms with Crippen LogP contribution in [0.2, 0.25) is 0 Å². The highest BCUT2D eigenvalue weighted by Crippen LogP contribution is 2.47. The summed E-state index contributed by atoms with van der Waals surface area (Å²) < 4.78 is 54.3. The van der Waals surface area contributed by atoms with Crippen molar-refractivity contribution in [1.29, 1.82) is 0 Å². The molecule has 0 bridgehead atoms. The Morgan fingerprint density at radius 2 is 1.71 bits per heavy atom. The molecule has 18 heteroatoms. The number of carbonyl (C=O) groups is 6. The fraction of sp³-hybridized carbons (Fsp3) is 0.550. The third-order valence-corrected chi connectivity index (χ3v) is 11.9. The second kappa shape index (κ2) is 17.7. The maximum atomic E-state index is 14.5. The fourth-order valence-electron chi connectivity index (χ4n) is 7.47. The predicted octanol–water partition coefficient (Wildman–Crippen LogP) is 4.60. The lowest BCUT2D eigenvalue weighted by atomic mass is 10.1. The molecule has 0 radical (unpaired) electrons. The van der Waals surface area contributed by atoms with Crippen molar-refractivity contribution in [2.75, 3.05) is 6.54 Å². The predicted molar refractivity (Wildman–Crippen MR) is 206 cm³/mol. The van der Waals surface area contributed by atoms with E-state index >= 15 is 0 Å². The second-order valence-corrected chi connectivity index (χ2v) is 17.8. The van der Waals surface area contributed by atoms with Gasteiger partial charge in [-0.25, -0.2) is 31.9 Å². The van der Waals surface area contributed by atoms with Crippen molar-refractivity contribution in [3.8, 4) is 0 Å². The van der Waals surface area contributed by atoms with Crippen molar-refractivity contribution in [2.24, 2.45) is 5.92 Å². The molecule has 316 valence electrons. The van der Waals surface area contributed by atoms with E-state index in [0.717, 1.165) is 37.1 Å². The molecule has 0 spiro atoms. The van der Waals surface area contributed by atoms with E-state index < -0.39 is 87.0 Å². The van der Waals surface area contributed by atoms with Crippen molar-refractivity contribution >= 4 is 45.9 Å². The third-order valence-electron chi connectivity index (χ3n) is 10.5. The number of carbonyl (C=O) groups excluding carboxylic acids is 5. The zero-order valence-corrected chi connectivity index (χ0v) is 34.2. The van der Waals surface area contributed by atoms with Crippen molar-refractivity contribution in [3.05, 3.63) is 65.0 Å². The maximum absolute atomic E-state index is 14.5. The van der Waals surface area contributed by atoms with Crippen LogP contribution in [0, 0.1) is 11.7 Å². The van der Waals surface area contributed by atoms with Crippen molar-refractivity contribution in [1.82, 2.24) is 25.2 Å². The van der Waals surface area contributed by atoms with Crippen LogP contribution in [0.4, 0.5) is 14.0 Å². The molecule has 3 aliphatic rings. The number of unbranched alkanes of at least 4 members (excludes halogenated alkanes) is 2. The van der Waals surface area contributed by atoms with Crippen LogP contribution in [-0.2, 0) is 47.0 Å². The van der Waals surface area contributed by atoms with Gasteiger partial charge in [0.25, 0.3) is 15.9 Å². The first-order chi connectivity index (χ1) is 27.3. The first-order valence-corrected chi connectivity index (χ1v) is 21.0. The molecule has 0 aromatic heterocycles. The summed E-state index contributed by atoms with van der Waals surface area (Å²) >= 11 is 0. The number of fused-ring (bicyclic) bond motifs is 1. The Morgan fingerprint density at radius 3 is 2.33 bits per heavy atom. The van der Waals surface area contributed by atoms with Gasteiger partial charge in [-0.1, -0.05) is 51.7 Å². The molecule has 1 saturated heterocycles. The number of rotatable bonds is 15. The zero-order chi connectivity index (χ0) is 42.6. The van der Waals surface area contributed by atoms with Gasteiger partial charge in [0.15, 0.2) is 0 Å². The topological polar surface area (TPSA) is 218 Å². The van der Waals surface area contributed by atoms with E-state index in [1.807, 2.05) is 18.6 Å². The number of hydrogen-bond acceptors (Lipinski definition) is 10. The number of likely N-dealkylation sites (tertiary alicyclic amines) is 1. The highest BCUT2D eigenvalue weighted by atomic mass is 32.2. The monoisotopic (exact) mass is 829 g/mol. The van der Waals surface area contributed by atoms with Gasteiger partial charge in [-0.05, 0) is 81.8 Å². The lowest BCUT2D eigenvalue weighted by Crippen LogP contribution is -2.58. The number of alkyl carbamates (subject to hydrolysis) is 1. The normalized spacial score (nSPS) is 21.7. The second-order valence-electron chi connectivity index (χ2n) is 16.1. The van der Waals surface area contributed by atoms with Crippen LogP contribution in [0.3, 0.4) is 0 Å². The zero-order valence-electron chi connectivity index (χ0n) is 33.3. The minimum absolute atomic E-state index is 0.0392. The van der Waals surface area contributed by atoms with E-state index in [9.17, 15) is 46.7 Å². The molecule has 1 saturated carbocycles. The van der Waals surface area contributed by atoms with Gasteiger partial charge >= 0.3 is 18.2 Å². The average Bonchev–Trinajstić information content (AvgIpc) is 3.44. The standard InChI is InChI=1S/C40H52FN5O11S/c1-6-8-9-14-31(42-37(52)57-39(3,4)5)34(48)46-22-27(56-38(53)45-21-25-12-10-13-30(41)29(25)23-45)19-32(46)33(47)43-40(20-26(40)11-7-2)36(51)44-58(54,55)28-17-15-24(16-18-28)35(49)50/h10,12-13,15-18,26-27,31-32H,6-9,11,14,19-23H2,1-5H3,(H,42,52)(H,43,47)(H,44,51)(H,49,50). The summed E-state index contributed by atoms with van der Waals surface area (Å²) in [7, 11) is -4.51. The van der Waals surface area contributed by atoms with Gasteiger partial charge in [-0.3, -0.25) is 19.3 Å². The highest BCUT2D eigenvalue weighted by molar-refractivity contribution is 7.90. The molecule has 2 aromatic rings. The van der Waals surface area contributed by atoms with Crippen molar-refractivity contribution in [2.45, 2.75) is 133 Å². The number of carboxylic acid groups (broad SMARTS) is 1. The first kappa shape index (κ1) is 43.9. The van der Waals surface area contributed by atoms with Gasteiger partial charge < -0.3 is 30.1 Å². The van der Waals surface area contributed by atoms with E-state index in [0.29, 0.717) is 30.4 Å². The number of aromatic carboxylic acids is 1. The van der Waals surface area contributed by atoms with Crippen LogP contribution in [0.1, 0.15) is 107 Å². The lowest BCUT2D eigenvalue weighted by Gasteiger charge is -2.30. The van der Waals surface area contributed by atoms with Gasteiger partial charge in [-0.15, -0.1) is 0 Å². The van der Waals surface area contributed by atoms with Crippen LogP contribution in [-0.4, -0.2) is 95.1 Å². The molecule has 58 heavy (non-hydrogen) atoms. The Bertz CT molecular complexity index is 2020. The lowest BCUT2D eigenvalue weighted by molar-refractivity contribution is -0.141. The minimum Gasteiger partial charge on any atom is -0.478 e. The Hall–Kier alpha value is -5.26. The quantitative estimate of drug-likeness (QED) is 0.182. The molecule has 2 fully saturated rings. The number of sulfonamides is 1. The Morgan fingerprint density at radius 1 is 1.00 bits per heavy atom. The molecule has 5 unspecified atom stereocenters. The number of amides is 5. The number of halogens is 1. The molecule has 2 aromatic carbocycles. The number of nitrogens with one attached hydrogen (secondary N) is 3. The van der Waals surface area contributed by atoms with E-state index in [1.165, 1.54) is 15.9 Å². The molecule has 16 nitrogen and oxygen atoms in total. The summed E-state index contributed by atoms with van der Waals surface area (Å²) in [6, 6.07) is 6.35. The van der Waals surface area contributed by atoms with Crippen LogP contribution < -0.4 is 15.4 Å². The minimum atomic E-state index is -4.51. The average molecular weight is 830 g/mol. The molecule has 5 rings (SSSR count). The number of nitrogens with zero attached hydrogens (tertiary/aromatic N) is 2. The SMILES string of the molecule is CCCCCC(NC(=O)OC(C)(C)C)C(=O)N1CC(OC(=O)N2Cc3cccc(F)c3C2)CC1C(=O)NC1(C(=O)NS(=O)(=O)c2ccc(C(=O)O)cc2)CC1CCC. The highest BCUT2D eigenvalue weighted by Gasteiger charge is 2.62. The molecule has 2 heterocycles. The third kappa shape index (κ3) is 10.2. The molecule has 5 amide bonds. The molecule has 5 atom stereocenters. The largest absolute Gasteiger partial charge is 0.478 e. The number of benzene rings is 2. The summed E-state index contributed by atoms with van der Waals surface area (Å²) in [4.78, 5) is 82.4. The van der Waals surface area contributed by atoms with Crippen LogP contribution in [0.15, 0.2) is 47.4 Å². The summed E-state index contributed by atoms with van der Waals surface area (Å²) in [6.07, 6.45) is 0.601. The summed E-state index contributed by atoms with van der Waals surface area (Å²) in [5, 5.41) is 14.6.